The second kappa shape index (κ2) is 14.2. The van der Waals surface area contributed by atoms with Crippen molar-refractivity contribution < 1.29 is 28.8 Å². The number of hydrogen-bond acceptors (Lipinski definition) is 6. The predicted molar refractivity (Wildman–Crippen MR) is 146 cm³/mol. The van der Waals surface area contributed by atoms with E-state index >= 15 is 0 Å². The molecular formula is C29H32Cl2O6. The molecule has 0 heterocycles. The lowest BCUT2D eigenvalue weighted by atomic mass is 10.1. The molecule has 0 saturated carbocycles. The third kappa shape index (κ3) is 9.24. The Labute approximate surface area is 228 Å². The lowest BCUT2D eigenvalue weighted by Crippen LogP contribution is -2.31. The van der Waals surface area contributed by atoms with E-state index in [-0.39, 0.29) is 25.3 Å². The summed E-state index contributed by atoms with van der Waals surface area (Å²) in [6, 6.07) is 20.1. The summed E-state index contributed by atoms with van der Waals surface area (Å²) in [7, 11) is 0. The van der Waals surface area contributed by atoms with Gasteiger partial charge in [0.2, 0.25) is 0 Å². The van der Waals surface area contributed by atoms with E-state index in [1.54, 1.807) is 25.1 Å². The van der Waals surface area contributed by atoms with Crippen molar-refractivity contribution in [2.24, 2.45) is 0 Å². The largest absolute Gasteiger partial charge is 0.491 e. The van der Waals surface area contributed by atoms with Gasteiger partial charge in [-0.25, -0.2) is 4.79 Å². The Morgan fingerprint density at radius 3 is 2.27 bits per heavy atom. The van der Waals surface area contributed by atoms with Gasteiger partial charge in [-0.2, -0.15) is 0 Å². The number of halogens is 2. The number of carbonyl (C=O) groups excluding carboxylic acids is 1. The highest BCUT2D eigenvalue weighted by atomic mass is 35.5. The van der Waals surface area contributed by atoms with Crippen LogP contribution in [-0.4, -0.2) is 49.2 Å². The number of aliphatic hydroxyl groups excluding tert-OH is 1. The van der Waals surface area contributed by atoms with E-state index in [2.05, 4.69) is 0 Å². The van der Waals surface area contributed by atoms with Crippen molar-refractivity contribution in [1.29, 1.82) is 0 Å². The van der Waals surface area contributed by atoms with E-state index in [4.69, 9.17) is 42.1 Å². The highest BCUT2D eigenvalue weighted by Crippen LogP contribution is 2.31. The molecule has 1 N–H and O–H groups in total. The Kier molecular flexibility index (Phi) is 11.1. The molecule has 3 rings (SSSR count). The molecule has 198 valence electrons. The molecule has 0 bridgehead atoms. The first-order valence-electron chi connectivity index (χ1n) is 12.1. The van der Waals surface area contributed by atoms with Crippen LogP contribution in [-0.2, 0) is 20.7 Å². The third-order valence-corrected chi connectivity index (χ3v) is 5.83. The average Bonchev–Trinajstić information content (AvgIpc) is 2.86. The molecular weight excluding hydrogens is 515 g/mol. The van der Waals surface area contributed by atoms with Crippen LogP contribution in [0.15, 0.2) is 66.7 Å². The Balaban J connectivity index is 1.50. The zero-order valence-corrected chi connectivity index (χ0v) is 22.7. The van der Waals surface area contributed by atoms with Crippen molar-refractivity contribution in [1.82, 2.24) is 0 Å². The normalized spacial score (nSPS) is 12.7. The van der Waals surface area contributed by atoms with Crippen LogP contribution in [0.5, 0.6) is 11.5 Å². The molecule has 0 radical (unpaired) electrons. The summed E-state index contributed by atoms with van der Waals surface area (Å²) < 4.78 is 22.3. The second-order valence-electron chi connectivity index (χ2n) is 8.70. The van der Waals surface area contributed by atoms with Gasteiger partial charge in [0, 0.05) is 22.0 Å². The van der Waals surface area contributed by atoms with Crippen molar-refractivity contribution in [3.8, 4) is 22.6 Å². The van der Waals surface area contributed by atoms with Crippen LogP contribution in [0.4, 0.5) is 0 Å². The van der Waals surface area contributed by atoms with E-state index in [0.717, 1.165) is 16.7 Å². The first-order valence-corrected chi connectivity index (χ1v) is 12.9. The van der Waals surface area contributed by atoms with E-state index in [0.29, 0.717) is 34.6 Å². The molecule has 0 amide bonds. The number of ether oxygens (including phenoxy) is 4. The summed E-state index contributed by atoms with van der Waals surface area (Å²) in [4.78, 5) is 12.3. The molecule has 0 aliphatic rings. The van der Waals surface area contributed by atoms with Gasteiger partial charge >= 0.3 is 5.97 Å². The van der Waals surface area contributed by atoms with Crippen LogP contribution in [0, 0.1) is 0 Å². The molecule has 6 nitrogen and oxygen atoms in total. The number of benzene rings is 3. The maximum absolute atomic E-state index is 12.3. The first kappa shape index (κ1) is 28.8. The van der Waals surface area contributed by atoms with Gasteiger partial charge in [0.15, 0.2) is 6.10 Å². The zero-order chi connectivity index (χ0) is 26.8. The van der Waals surface area contributed by atoms with Gasteiger partial charge in [-0.3, -0.25) is 0 Å². The lowest BCUT2D eigenvalue weighted by molar-refractivity contribution is -0.159. The van der Waals surface area contributed by atoms with Crippen LogP contribution >= 0.6 is 23.2 Å². The van der Waals surface area contributed by atoms with Crippen molar-refractivity contribution in [3.05, 3.63) is 82.3 Å². The van der Waals surface area contributed by atoms with E-state index in [1.165, 1.54) is 0 Å². The van der Waals surface area contributed by atoms with Crippen molar-refractivity contribution in [2.75, 3.05) is 19.8 Å². The maximum atomic E-state index is 12.3. The molecule has 2 unspecified atom stereocenters. The molecule has 2 atom stereocenters. The molecule has 37 heavy (non-hydrogen) atoms. The molecule has 0 aliphatic heterocycles. The molecule has 8 heteroatoms. The highest BCUT2D eigenvalue weighted by Gasteiger charge is 2.22. The maximum Gasteiger partial charge on any atom is 0.335 e. The Hall–Kier alpha value is -2.77. The third-order valence-electron chi connectivity index (χ3n) is 5.29. The number of hydrogen-bond donors (Lipinski definition) is 1. The minimum absolute atomic E-state index is 0.0473. The molecule has 3 aromatic carbocycles. The van der Waals surface area contributed by atoms with Crippen LogP contribution in [0.2, 0.25) is 10.0 Å². The minimum Gasteiger partial charge on any atom is -0.491 e. The Morgan fingerprint density at radius 1 is 0.919 bits per heavy atom. The van der Waals surface area contributed by atoms with Gasteiger partial charge in [0.25, 0.3) is 0 Å². The first-order chi connectivity index (χ1) is 17.7. The van der Waals surface area contributed by atoms with Gasteiger partial charge in [-0.1, -0.05) is 53.5 Å². The summed E-state index contributed by atoms with van der Waals surface area (Å²) >= 11 is 12.3. The fourth-order valence-corrected chi connectivity index (χ4v) is 4.13. The summed E-state index contributed by atoms with van der Waals surface area (Å²) in [5.41, 5.74) is 2.67. The van der Waals surface area contributed by atoms with Crippen molar-refractivity contribution >= 4 is 29.2 Å². The van der Waals surface area contributed by atoms with Crippen molar-refractivity contribution in [3.63, 3.8) is 0 Å². The average molecular weight is 547 g/mol. The van der Waals surface area contributed by atoms with Crippen molar-refractivity contribution in [2.45, 2.75) is 45.5 Å². The van der Waals surface area contributed by atoms with Gasteiger partial charge in [-0.15, -0.1) is 0 Å². The smallest absolute Gasteiger partial charge is 0.335 e. The minimum atomic E-state index is -0.842. The predicted octanol–water partition coefficient (Wildman–Crippen LogP) is 6.38. The molecule has 0 spiro atoms. The van der Waals surface area contributed by atoms with Gasteiger partial charge in [-0.05, 0) is 68.3 Å². The summed E-state index contributed by atoms with van der Waals surface area (Å²) in [6.07, 6.45) is -1.30. The molecule has 0 aliphatic carbocycles. The fraction of sp³-hybridized carbons (Fsp3) is 0.345. The lowest BCUT2D eigenvalue weighted by Gasteiger charge is -2.19. The van der Waals surface area contributed by atoms with E-state index in [1.807, 2.05) is 62.4 Å². The second-order valence-corrected chi connectivity index (χ2v) is 9.55. The van der Waals surface area contributed by atoms with Crippen LogP contribution < -0.4 is 9.47 Å². The quantitative estimate of drug-likeness (QED) is 0.251. The number of aliphatic hydroxyl groups is 1. The Morgan fingerprint density at radius 2 is 1.62 bits per heavy atom. The van der Waals surface area contributed by atoms with E-state index in [9.17, 15) is 9.90 Å². The number of rotatable bonds is 13. The highest BCUT2D eigenvalue weighted by molar-refractivity contribution is 6.36. The number of carbonyl (C=O) groups is 1. The van der Waals surface area contributed by atoms with Crippen LogP contribution in [0.25, 0.3) is 11.1 Å². The molecule has 0 aromatic heterocycles. The molecule has 0 saturated heterocycles. The topological polar surface area (TPSA) is 74.2 Å². The van der Waals surface area contributed by atoms with Crippen LogP contribution in [0.3, 0.4) is 0 Å². The number of esters is 1. The van der Waals surface area contributed by atoms with Gasteiger partial charge in [0.05, 0.1) is 12.7 Å². The van der Waals surface area contributed by atoms with Crippen LogP contribution in [0.1, 0.15) is 26.3 Å². The molecule has 3 aromatic rings. The zero-order valence-electron chi connectivity index (χ0n) is 21.2. The summed E-state index contributed by atoms with van der Waals surface area (Å²) in [6.45, 7) is 5.91. The summed E-state index contributed by atoms with van der Waals surface area (Å²) in [5, 5.41) is 11.5. The monoisotopic (exact) mass is 546 g/mol. The standard InChI is InChI=1S/C29H32Cl2O6/c1-4-34-29(33)28(37-19(2)3)15-20-6-5-7-25(14-20)36-18-23(32)17-35-24-11-8-21(9-12-24)26-13-10-22(30)16-27(26)31/h5-14,16,19,23,28,32H,4,15,17-18H2,1-3H3. The fourth-order valence-electron chi connectivity index (χ4n) is 3.61. The Bertz CT molecular complexity index is 1150. The van der Waals surface area contributed by atoms with E-state index < -0.39 is 12.2 Å². The van der Waals surface area contributed by atoms with Gasteiger partial charge < -0.3 is 24.1 Å². The molecule has 0 fully saturated rings. The van der Waals surface area contributed by atoms with Gasteiger partial charge in [0.1, 0.15) is 30.8 Å². The summed E-state index contributed by atoms with van der Waals surface area (Å²) in [5.74, 6) is 0.803. The SMILES string of the molecule is CCOC(=O)C(Cc1cccc(OCC(O)COc2ccc(-c3ccc(Cl)cc3Cl)cc2)c1)OC(C)C.